The fourth-order valence-electron chi connectivity index (χ4n) is 3.09. The number of carbonyl (C=O) groups excluding carboxylic acids is 1. The Hall–Kier alpha value is -2.74. The molecule has 1 fully saturated rings. The summed E-state index contributed by atoms with van der Waals surface area (Å²) in [7, 11) is 0. The second-order valence-electron chi connectivity index (χ2n) is 6.59. The van der Waals surface area contributed by atoms with Crippen molar-refractivity contribution in [1.29, 1.82) is 0 Å². The normalized spacial score (nSPS) is 22.7. The molecule has 26 heavy (non-hydrogen) atoms. The zero-order chi connectivity index (χ0) is 18.7. The quantitative estimate of drug-likeness (QED) is 0.651. The SMILES string of the molecule is Cc1cccc(Nc2nc(N[C@@H]3CCC[C@@H](F)[C@@H]3N)ncc2C(N)=O)c1. The number of hydrogen-bond acceptors (Lipinski definition) is 6. The molecule has 138 valence electrons. The number of hydrogen-bond donors (Lipinski definition) is 4. The van der Waals surface area contributed by atoms with Crippen molar-refractivity contribution in [3.63, 3.8) is 0 Å². The topological polar surface area (TPSA) is 119 Å². The molecular weight excluding hydrogens is 335 g/mol. The van der Waals surface area contributed by atoms with E-state index in [0.717, 1.165) is 24.1 Å². The molecule has 0 bridgehead atoms. The molecule has 0 unspecified atom stereocenters. The van der Waals surface area contributed by atoms with Gasteiger partial charge in [0.05, 0.1) is 6.04 Å². The van der Waals surface area contributed by atoms with Crippen LogP contribution in [0.4, 0.5) is 21.8 Å². The lowest BCUT2D eigenvalue weighted by Crippen LogP contribution is -2.49. The third kappa shape index (κ3) is 4.08. The summed E-state index contributed by atoms with van der Waals surface area (Å²) in [6, 6.07) is 6.76. The molecular formula is C18H23FN6O. The van der Waals surface area contributed by atoms with Crippen LogP contribution in [0.2, 0.25) is 0 Å². The van der Waals surface area contributed by atoms with Crippen LogP contribution in [0.3, 0.4) is 0 Å². The molecule has 2 aromatic rings. The van der Waals surface area contributed by atoms with Crippen molar-refractivity contribution < 1.29 is 9.18 Å². The van der Waals surface area contributed by atoms with E-state index in [1.54, 1.807) is 0 Å². The minimum atomic E-state index is -1.05. The van der Waals surface area contributed by atoms with Crippen molar-refractivity contribution in [3.8, 4) is 0 Å². The van der Waals surface area contributed by atoms with E-state index in [2.05, 4.69) is 20.6 Å². The number of amides is 1. The monoisotopic (exact) mass is 358 g/mol. The van der Waals surface area contributed by atoms with E-state index >= 15 is 0 Å². The number of nitrogens with zero attached hydrogens (tertiary/aromatic N) is 2. The van der Waals surface area contributed by atoms with Crippen LogP contribution in [0.1, 0.15) is 35.2 Å². The third-order valence-electron chi connectivity index (χ3n) is 4.53. The lowest BCUT2D eigenvalue weighted by molar-refractivity contribution is 0.100. The molecule has 1 aromatic heterocycles. The van der Waals surface area contributed by atoms with Gasteiger partial charge in [-0.1, -0.05) is 12.1 Å². The summed E-state index contributed by atoms with van der Waals surface area (Å²) in [5.41, 5.74) is 13.4. The van der Waals surface area contributed by atoms with Crippen LogP contribution in [0.5, 0.6) is 0 Å². The number of rotatable bonds is 5. The molecule has 0 radical (unpaired) electrons. The van der Waals surface area contributed by atoms with E-state index < -0.39 is 18.1 Å². The smallest absolute Gasteiger partial charge is 0.254 e. The Morgan fingerprint density at radius 1 is 1.35 bits per heavy atom. The fourth-order valence-corrected chi connectivity index (χ4v) is 3.09. The van der Waals surface area contributed by atoms with E-state index in [4.69, 9.17) is 11.5 Å². The van der Waals surface area contributed by atoms with Crippen molar-refractivity contribution in [2.45, 2.75) is 44.4 Å². The minimum Gasteiger partial charge on any atom is -0.365 e. The van der Waals surface area contributed by atoms with Gasteiger partial charge in [-0.25, -0.2) is 9.37 Å². The van der Waals surface area contributed by atoms with Crippen LogP contribution in [-0.2, 0) is 0 Å². The van der Waals surface area contributed by atoms with Gasteiger partial charge in [-0.2, -0.15) is 4.98 Å². The number of nitrogens with one attached hydrogen (secondary N) is 2. The van der Waals surface area contributed by atoms with Gasteiger partial charge in [0.25, 0.3) is 5.91 Å². The summed E-state index contributed by atoms with van der Waals surface area (Å²) >= 11 is 0. The Kier molecular flexibility index (Phi) is 5.32. The van der Waals surface area contributed by atoms with E-state index in [-0.39, 0.29) is 17.6 Å². The van der Waals surface area contributed by atoms with Crippen LogP contribution < -0.4 is 22.1 Å². The third-order valence-corrected chi connectivity index (χ3v) is 4.53. The van der Waals surface area contributed by atoms with Crippen LogP contribution in [0.15, 0.2) is 30.5 Å². The predicted octanol–water partition coefficient (Wildman–Crippen LogP) is 2.26. The number of halogens is 1. The molecule has 3 rings (SSSR count). The van der Waals surface area contributed by atoms with Crippen LogP contribution in [0.25, 0.3) is 0 Å². The second-order valence-corrected chi connectivity index (χ2v) is 6.59. The van der Waals surface area contributed by atoms with E-state index in [1.807, 2.05) is 31.2 Å². The molecule has 0 saturated heterocycles. The van der Waals surface area contributed by atoms with Crippen molar-refractivity contribution in [1.82, 2.24) is 9.97 Å². The number of aromatic nitrogens is 2. The molecule has 1 saturated carbocycles. The number of primary amides is 1. The summed E-state index contributed by atoms with van der Waals surface area (Å²) < 4.78 is 13.8. The summed E-state index contributed by atoms with van der Waals surface area (Å²) in [4.78, 5) is 20.2. The van der Waals surface area contributed by atoms with Crippen LogP contribution in [0, 0.1) is 6.92 Å². The Balaban J connectivity index is 1.85. The zero-order valence-electron chi connectivity index (χ0n) is 14.6. The molecule has 8 heteroatoms. The molecule has 0 spiro atoms. The average Bonchev–Trinajstić information content (AvgIpc) is 2.59. The molecule has 7 nitrogen and oxygen atoms in total. The number of carbonyl (C=O) groups is 1. The average molecular weight is 358 g/mol. The van der Waals surface area contributed by atoms with Gasteiger partial charge in [0, 0.05) is 17.9 Å². The number of alkyl halides is 1. The Morgan fingerprint density at radius 2 is 2.15 bits per heavy atom. The first-order valence-electron chi connectivity index (χ1n) is 8.61. The maximum atomic E-state index is 13.8. The van der Waals surface area contributed by atoms with Gasteiger partial charge in [0.2, 0.25) is 5.95 Å². The van der Waals surface area contributed by atoms with E-state index in [0.29, 0.717) is 12.2 Å². The minimum absolute atomic E-state index is 0.174. The van der Waals surface area contributed by atoms with Crippen LogP contribution in [-0.4, -0.2) is 34.1 Å². The van der Waals surface area contributed by atoms with Crippen LogP contribution >= 0.6 is 0 Å². The Labute approximate surface area is 151 Å². The highest BCUT2D eigenvalue weighted by Crippen LogP contribution is 2.24. The molecule has 1 amide bonds. The van der Waals surface area contributed by atoms with Gasteiger partial charge in [0.1, 0.15) is 17.6 Å². The molecule has 1 aliphatic rings. The van der Waals surface area contributed by atoms with Gasteiger partial charge in [0.15, 0.2) is 0 Å². The van der Waals surface area contributed by atoms with Gasteiger partial charge in [-0.05, 0) is 43.9 Å². The van der Waals surface area contributed by atoms with Crippen molar-refractivity contribution >= 4 is 23.4 Å². The highest BCUT2D eigenvalue weighted by molar-refractivity contribution is 5.98. The maximum Gasteiger partial charge on any atom is 0.254 e. The van der Waals surface area contributed by atoms with Gasteiger partial charge < -0.3 is 22.1 Å². The highest BCUT2D eigenvalue weighted by Gasteiger charge is 2.31. The summed E-state index contributed by atoms with van der Waals surface area (Å²) in [6.07, 6.45) is 2.28. The molecule has 1 aliphatic carbocycles. The first-order valence-corrected chi connectivity index (χ1v) is 8.61. The lowest BCUT2D eigenvalue weighted by atomic mass is 9.89. The molecule has 0 aliphatic heterocycles. The zero-order valence-corrected chi connectivity index (χ0v) is 14.6. The first-order chi connectivity index (χ1) is 12.4. The largest absolute Gasteiger partial charge is 0.365 e. The standard InChI is InChI=1S/C18H23FN6O/c1-10-4-2-5-11(8-10)23-17-12(16(21)26)9-22-18(25-17)24-14-7-3-6-13(19)15(14)20/h2,4-5,8-9,13-15H,3,6-7,20H2,1H3,(H2,21,26)(H2,22,23,24,25)/t13-,14-,15+/m1/s1. The number of anilines is 3. The molecule has 3 atom stereocenters. The summed E-state index contributed by atoms with van der Waals surface area (Å²) in [5, 5.41) is 6.18. The van der Waals surface area contributed by atoms with Gasteiger partial charge >= 0.3 is 0 Å². The molecule has 1 aromatic carbocycles. The first kappa shape index (κ1) is 18.1. The number of nitrogens with two attached hydrogens (primary N) is 2. The van der Waals surface area contributed by atoms with Crippen molar-refractivity contribution in [3.05, 3.63) is 41.6 Å². The van der Waals surface area contributed by atoms with Gasteiger partial charge in [-0.3, -0.25) is 4.79 Å². The van der Waals surface area contributed by atoms with E-state index in [9.17, 15) is 9.18 Å². The Bertz CT molecular complexity index is 799. The van der Waals surface area contributed by atoms with E-state index in [1.165, 1.54) is 6.20 Å². The maximum absolute atomic E-state index is 13.8. The summed E-state index contributed by atoms with van der Waals surface area (Å²) in [5.74, 6) is -0.0635. The predicted molar refractivity (Wildman–Crippen MR) is 99.1 cm³/mol. The van der Waals surface area contributed by atoms with Crippen molar-refractivity contribution in [2.24, 2.45) is 11.5 Å². The Morgan fingerprint density at radius 3 is 2.88 bits per heavy atom. The van der Waals surface area contributed by atoms with Crippen molar-refractivity contribution in [2.75, 3.05) is 10.6 Å². The number of aryl methyl sites for hydroxylation is 1. The number of benzene rings is 1. The van der Waals surface area contributed by atoms with Gasteiger partial charge in [-0.15, -0.1) is 0 Å². The molecule has 6 N–H and O–H groups in total. The fraction of sp³-hybridized carbons (Fsp3) is 0.389. The lowest BCUT2D eigenvalue weighted by Gasteiger charge is -2.32. The molecule has 1 heterocycles. The summed E-state index contributed by atoms with van der Waals surface area (Å²) in [6.45, 7) is 1.96. The second kappa shape index (κ2) is 7.65. The highest BCUT2D eigenvalue weighted by atomic mass is 19.1.